The van der Waals surface area contributed by atoms with E-state index >= 15 is 0 Å². The van der Waals surface area contributed by atoms with Crippen molar-refractivity contribution in [2.45, 2.75) is 13.3 Å². The Morgan fingerprint density at radius 2 is 1.81 bits per heavy atom. The second-order valence-electron chi connectivity index (χ2n) is 6.78. The van der Waals surface area contributed by atoms with Crippen molar-refractivity contribution in [1.29, 1.82) is 0 Å². The molecule has 0 saturated carbocycles. The zero-order valence-electron chi connectivity index (χ0n) is 16.7. The maximum Gasteiger partial charge on any atom is 0.291 e. The van der Waals surface area contributed by atoms with Crippen molar-refractivity contribution in [3.05, 3.63) is 82.2 Å². The van der Waals surface area contributed by atoms with Crippen LogP contribution in [-0.2, 0) is 11.2 Å². The SMILES string of the molecule is Cc1nnnn1-c1cc(NC(=O)Cc2ccc(NC(=O)c3ccc(Br)o3)cc2)ccc1F. The molecule has 0 aliphatic heterocycles. The standard InChI is InChI=1S/C21H16BrFN6O3/c1-12-26-27-28-29(12)17-11-15(6-7-16(17)23)24-20(30)10-13-2-4-14(5-3-13)25-21(31)18-8-9-19(22)32-18/h2-9,11H,10H2,1H3,(H,24,30)(H,25,31). The molecule has 2 N–H and O–H groups in total. The van der Waals surface area contributed by atoms with E-state index in [0.29, 0.717) is 21.9 Å². The van der Waals surface area contributed by atoms with E-state index in [4.69, 9.17) is 4.42 Å². The number of rotatable bonds is 6. The fourth-order valence-electron chi connectivity index (χ4n) is 2.93. The summed E-state index contributed by atoms with van der Waals surface area (Å²) in [6, 6.07) is 14.2. The lowest BCUT2D eigenvalue weighted by Gasteiger charge is -2.09. The molecule has 2 aromatic heterocycles. The van der Waals surface area contributed by atoms with Crippen LogP contribution in [0.4, 0.5) is 15.8 Å². The highest BCUT2D eigenvalue weighted by molar-refractivity contribution is 9.10. The fourth-order valence-corrected chi connectivity index (χ4v) is 3.24. The number of hydrogen-bond acceptors (Lipinski definition) is 6. The molecule has 0 unspecified atom stereocenters. The molecule has 9 nitrogen and oxygen atoms in total. The third-order valence-corrected chi connectivity index (χ3v) is 4.88. The van der Waals surface area contributed by atoms with Gasteiger partial charge in [-0.3, -0.25) is 9.59 Å². The van der Waals surface area contributed by atoms with Crippen LogP contribution in [0.5, 0.6) is 0 Å². The molecule has 0 fully saturated rings. The quantitative estimate of drug-likeness (QED) is 0.416. The van der Waals surface area contributed by atoms with Gasteiger partial charge >= 0.3 is 0 Å². The number of amides is 2. The summed E-state index contributed by atoms with van der Waals surface area (Å²) in [5.74, 6) is -0.590. The Hall–Kier alpha value is -3.86. The predicted octanol–water partition coefficient (Wildman–Crippen LogP) is 3.90. The Balaban J connectivity index is 1.38. The molecule has 0 bridgehead atoms. The van der Waals surface area contributed by atoms with Gasteiger partial charge in [0.05, 0.1) is 6.42 Å². The van der Waals surface area contributed by atoms with Crippen molar-refractivity contribution < 1.29 is 18.4 Å². The third kappa shape index (κ3) is 4.89. The van der Waals surface area contributed by atoms with Crippen molar-refractivity contribution in [2.75, 3.05) is 10.6 Å². The molecule has 0 spiro atoms. The second-order valence-corrected chi connectivity index (χ2v) is 7.57. The summed E-state index contributed by atoms with van der Waals surface area (Å²) in [5, 5.41) is 16.4. The molecule has 0 atom stereocenters. The monoisotopic (exact) mass is 498 g/mol. The van der Waals surface area contributed by atoms with Gasteiger partial charge in [-0.1, -0.05) is 12.1 Å². The maximum absolute atomic E-state index is 14.2. The van der Waals surface area contributed by atoms with Gasteiger partial charge in [-0.25, -0.2) is 4.39 Å². The number of nitrogens with zero attached hydrogens (tertiary/aromatic N) is 4. The summed E-state index contributed by atoms with van der Waals surface area (Å²) in [6.07, 6.45) is 0.0932. The number of tetrazole rings is 1. The first-order valence-electron chi connectivity index (χ1n) is 9.39. The van der Waals surface area contributed by atoms with E-state index in [2.05, 4.69) is 42.1 Å². The smallest absolute Gasteiger partial charge is 0.291 e. The number of carbonyl (C=O) groups is 2. The summed E-state index contributed by atoms with van der Waals surface area (Å²) >= 11 is 3.15. The van der Waals surface area contributed by atoms with Gasteiger partial charge in [0.15, 0.2) is 16.3 Å². The van der Waals surface area contributed by atoms with Crippen molar-refractivity contribution in [2.24, 2.45) is 0 Å². The Morgan fingerprint density at radius 3 is 2.47 bits per heavy atom. The Kier molecular flexibility index (Phi) is 6.08. The highest BCUT2D eigenvalue weighted by Gasteiger charge is 2.13. The third-order valence-electron chi connectivity index (χ3n) is 4.46. The van der Waals surface area contributed by atoms with E-state index in [-0.39, 0.29) is 29.7 Å². The largest absolute Gasteiger partial charge is 0.444 e. The Labute approximate surface area is 189 Å². The number of benzene rings is 2. The summed E-state index contributed by atoms with van der Waals surface area (Å²) in [7, 11) is 0. The number of aryl methyl sites for hydroxylation is 1. The molecule has 0 saturated heterocycles. The first kappa shape index (κ1) is 21.4. The zero-order valence-corrected chi connectivity index (χ0v) is 18.3. The van der Waals surface area contributed by atoms with E-state index in [1.54, 1.807) is 43.3 Å². The first-order chi connectivity index (χ1) is 15.4. The van der Waals surface area contributed by atoms with Gasteiger partial charge in [-0.15, -0.1) is 5.10 Å². The zero-order chi connectivity index (χ0) is 22.7. The van der Waals surface area contributed by atoms with Crippen molar-refractivity contribution >= 4 is 39.1 Å². The first-order valence-corrected chi connectivity index (χ1v) is 10.2. The highest BCUT2D eigenvalue weighted by Crippen LogP contribution is 2.20. The number of halogens is 2. The molecule has 2 aromatic carbocycles. The molecule has 162 valence electrons. The van der Waals surface area contributed by atoms with Gasteiger partial charge in [0.1, 0.15) is 11.5 Å². The van der Waals surface area contributed by atoms with Gasteiger partial charge in [-0.2, -0.15) is 4.68 Å². The van der Waals surface area contributed by atoms with Gasteiger partial charge in [-0.05, 0) is 81.3 Å². The Morgan fingerprint density at radius 1 is 1.06 bits per heavy atom. The predicted molar refractivity (Wildman–Crippen MR) is 117 cm³/mol. The number of anilines is 2. The van der Waals surface area contributed by atoms with Gasteiger partial charge in [0, 0.05) is 11.4 Å². The van der Waals surface area contributed by atoms with Crippen LogP contribution < -0.4 is 10.6 Å². The van der Waals surface area contributed by atoms with Gasteiger partial charge < -0.3 is 15.1 Å². The van der Waals surface area contributed by atoms with E-state index in [1.165, 1.54) is 22.9 Å². The molecule has 11 heteroatoms. The van der Waals surface area contributed by atoms with E-state index < -0.39 is 5.82 Å². The van der Waals surface area contributed by atoms with E-state index in [9.17, 15) is 14.0 Å². The lowest BCUT2D eigenvalue weighted by molar-refractivity contribution is -0.115. The highest BCUT2D eigenvalue weighted by atomic mass is 79.9. The molecule has 4 rings (SSSR count). The number of nitrogens with one attached hydrogen (secondary N) is 2. The number of furan rings is 1. The topological polar surface area (TPSA) is 115 Å². The molecule has 4 aromatic rings. The molecule has 2 heterocycles. The number of aromatic nitrogens is 4. The summed E-state index contributed by atoms with van der Waals surface area (Å²) in [6.45, 7) is 1.64. The average molecular weight is 499 g/mol. The van der Waals surface area contributed by atoms with E-state index in [1.807, 2.05) is 0 Å². The summed E-state index contributed by atoms with van der Waals surface area (Å²) in [5.41, 5.74) is 1.84. The van der Waals surface area contributed by atoms with Crippen molar-refractivity contribution in [1.82, 2.24) is 20.2 Å². The van der Waals surface area contributed by atoms with Crippen LogP contribution >= 0.6 is 15.9 Å². The Bertz CT molecular complexity index is 1280. The van der Waals surface area contributed by atoms with Gasteiger partial charge in [0.25, 0.3) is 5.91 Å². The normalized spacial score (nSPS) is 10.7. The lowest BCUT2D eigenvalue weighted by atomic mass is 10.1. The molecule has 0 aliphatic carbocycles. The van der Waals surface area contributed by atoms with Crippen molar-refractivity contribution in [3.8, 4) is 5.69 Å². The van der Waals surface area contributed by atoms with Crippen molar-refractivity contribution in [3.63, 3.8) is 0 Å². The van der Waals surface area contributed by atoms with Crippen LogP contribution in [0.3, 0.4) is 0 Å². The molecular formula is C21H16BrFN6O3. The van der Waals surface area contributed by atoms with Crippen LogP contribution in [0.1, 0.15) is 21.9 Å². The molecular weight excluding hydrogens is 483 g/mol. The second kappa shape index (κ2) is 9.10. The average Bonchev–Trinajstić information content (AvgIpc) is 3.39. The molecule has 0 radical (unpaired) electrons. The number of hydrogen-bond donors (Lipinski definition) is 2. The minimum Gasteiger partial charge on any atom is -0.444 e. The fraction of sp³-hybridized carbons (Fsp3) is 0.0952. The van der Waals surface area contributed by atoms with Crippen LogP contribution in [0.2, 0.25) is 0 Å². The van der Waals surface area contributed by atoms with Crippen LogP contribution in [0, 0.1) is 12.7 Å². The summed E-state index contributed by atoms with van der Waals surface area (Å²) in [4.78, 5) is 24.6. The van der Waals surface area contributed by atoms with Gasteiger partial charge in [0.2, 0.25) is 5.91 Å². The van der Waals surface area contributed by atoms with Crippen LogP contribution in [0.25, 0.3) is 5.69 Å². The molecule has 32 heavy (non-hydrogen) atoms. The minimum atomic E-state index is -0.516. The maximum atomic E-state index is 14.2. The number of carbonyl (C=O) groups excluding carboxylic acids is 2. The molecule has 0 aliphatic rings. The molecule has 2 amide bonds. The lowest BCUT2D eigenvalue weighted by Crippen LogP contribution is -2.15. The van der Waals surface area contributed by atoms with Crippen LogP contribution in [-0.4, -0.2) is 32.0 Å². The van der Waals surface area contributed by atoms with E-state index in [0.717, 1.165) is 5.56 Å². The minimum absolute atomic E-state index is 0.0932. The van der Waals surface area contributed by atoms with Crippen LogP contribution in [0.15, 0.2) is 63.7 Å². The summed E-state index contributed by atoms with van der Waals surface area (Å²) < 4.78 is 21.1.